The Kier molecular flexibility index (Phi) is 6.61. The number of benzene rings is 2. The van der Waals surface area contributed by atoms with Gasteiger partial charge in [-0.2, -0.15) is 0 Å². The first-order valence-corrected chi connectivity index (χ1v) is 14.1. The molecule has 4 heterocycles. The number of allylic oxidation sites excluding steroid dienone is 4. The maximum Gasteiger partial charge on any atom is 0.251 e. The Labute approximate surface area is 232 Å². The lowest BCUT2D eigenvalue weighted by Gasteiger charge is -2.22. The van der Waals surface area contributed by atoms with Gasteiger partial charge in [0.1, 0.15) is 23.5 Å². The summed E-state index contributed by atoms with van der Waals surface area (Å²) in [5.74, 6) is 1.43. The van der Waals surface area contributed by atoms with Crippen LogP contribution < -0.4 is 14.8 Å². The van der Waals surface area contributed by atoms with Gasteiger partial charge in [-0.25, -0.2) is 0 Å². The number of hydrogen-bond donors (Lipinski definition) is 1. The van der Waals surface area contributed by atoms with E-state index in [1.165, 1.54) is 4.88 Å². The zero-order valence-corrected chi connectivity index (χ0v) is 22.7. The minimum Gasteiger partial charge on any atom is -0.493 e. The number of thiophene rings is 1. The topological polar surface area (TPSA) is 67.9 Å². The highest BCUT2D eigenvalue weighted by atomic mass is 32.1. The number of ether oxygens (including phenoxy) is 2. The lowest BCUT2D eigenvalue weighted by molar-refractivity contribution is -0.132. The van der Waals surface area contributed by atoms with E-state index in [2.05, 4.69) is 24.0 Å². The van der Waals surface area contributed by atoms with Gasteiger partial charge in [-0.3, -0.25) is 9.59 Å². The standard InChI is InChI=1S/C32H30N2O4S/c1-3-6-27-25(4-2)32(20-38-29-18-28-23(13-15-37-28)17-26(29)32)31(36)34(27)19-21-8-10-22(11-9-21)30(35)33-14-12-24-7-5-16-39-24/h3-11,16-18H,1,12-15,19-20H2,2H3,(H,33,35). The van der Waals surface area contributed by atoms with E-state index in [9.17, 15) is 9.59 Å². The van der Waals surface area contributed by atoms with Crippen molar-refractivity contribution in [2.45, 2.75) is 31.7 Å². The molecule has 1 aromatic heterocycles. The van der Waals surface area contributed by atoms with E-state index in [1.807, 2.05) is 65.8 Å². The number of carbonyl (C=O) groups excluding carboxylic acids is 2. The highest BCUT2D eigenvalue weighted by Crippen LogP contribution is 2.54. The molecule has 3 aliphatic heterocycles. The number of nitrogens with zero attached hydrogens (tertiary/aromatic N) is 1. The molecule has 3 aromatic rings. The highest BCUT2D eigenvalue weighted by molar-refractivity contribution is 7.09. The van der Waals surface area contributed by atoms with Crippen LogP contribution in [0.1, 0.15) is 38.8 Å². The molecule has 39 heavy (non-hydrogen) atoms. The second kappa shape index (κ2) is 10.2. The summed E-state index contributed by atoms with van der Waals surface area (Å²) in [4.78, 5) is 30.0. The van der Waals surface area contributed by atoms with Crippen molar-refractivity contribution < 1.29 is 19.1 Å². The summed E-state index contributed by atoms with van der Waals surface area (Å²) in [5.41, 5.74) is 4.38. The molecule has 1 N–H and O–H groups in total. The fourth-order valence-electron chi connectivity index (χ4n) is 5.79. The SMILES string of the molecule is C=CC=C1C(=CC)C2(COc3cc4c(cc32)CCO4)C(=O)N1Cc1ccc(C(=O)NCCc2cccs2)cc1. The van der Waals surface area contributed by atoms with Gasteiger partial charge in [0.15, 0.2) is 0 Å². The molecule has 3 aliphatic rings. The van der Waals surface area contributed by atoms with E-state index in [4.69, 9.17) is 9.47 Å². The van der Waals surface area contributed by atoms with Crippen LogP contribution in [0.5, 0.6) is 11.5 Å². The van der Waals surface area contributed by atoms with Crippen LogP contribution in [-0.4, -0.2) is 36.5 Å². The third-order valence-corrected chi connectivity index (χ3v) is 8.63. The van der Waals surface area contributed by atoms with E-state index >= 15 is 0 Å². The average molecular weight is 539 g/mol. The third-order valence-electron chi connectivity index (χ3n) is 7.69. The molecule has 198 valence electrons. The Balaban J connectivity index is 1.24. The zero-order valence-electron chi connectivity index (χ0n) is 21.9. The minimum absolute atomic E-state index is 0.0169. The van der Waals surface area contributed by atoms with Crippen molar-refractivity contribution in [1.29, 1.82) is 0 Å². The number of fused-ring (bicyclic) bond motifs is 3. The third kappa shape index (κ3) is 4.27. The molecule has 6 nitrogen and oxygen atoms in total. The molecule has 7 heteroatoms. The molecule has 1 atom stereocenters. The van der Waals surface area contributed by atoms with Crippen LogP contribution in [0.15, 0.2) is 90.0 Å². The van der Waals surface area contributed by atoms with E-state index < -0.39 is 5.41 Å². The first-order valence-electron chi connectivity index (χ1n) is 13.2. The van der Waals surface area contributed by atoms with Crippen molar-refractivity contribution in [2.24, 2.45) is 0 Å². The first kappa shape index (κ1) is 25.2. The molecule has 0 bridgehead atoms. The van der Waals surface area contributed by atoms with Crippen LogP contribution in [0.4, 0.5) is 0 Å². The fraction of sp³-hybridized carbons (Fsp3) is 0.250. The van der Waals surface area contributed by atoms with Crippen molar-refractivity contribution in [1.82, 2.24) is 10.2 Å². The Hall–Kier alpha value is -4.10. The second-order valence-corrected chi connectivity index (χ2v) is 10.9. The van der Waals surface area contributed by atoms with Crippen LogP contribution in [0.2, 0.25) is 0 Å². The lowest BCUT2D eigenvalue weighted by Crippen LogP contribution is -2.39. The summed E-state index contributed by atoms with van der Waals surface area (Å²) in [7, 11) is 0. The lowest BCUT2D eigenvalue weighted by atomic mass is 9.76. The average Bonchev–Trinajstić information content (AvgIpc) is 3.74. The van der Waals surface area contributed by atoms with Crippen molar-refractivity contribution in [3.05, 3.63) is 117 Å². The minimum atomic E-state index is -0.904. The van der Waals surface area contributed by atoms with Gasteiger partial charge in [-0.15, -0.1) is 11.3 Å². The van der Waals surface area contributed by atoms with Crippen molar-refractivity contribution in [2.75, 3.05) is 19.8 Å². The Bertz CT molecular complexity index is 1500. The normalized spacial score (nSPS) is 21.3. The molecule has 0 radical (unpaired) electrons. The van der Waals surface area contributed by atoms with Crippen LogP contribution in [0.3, 0.4) is 0 Å². The van der Waals surface area contributed by atoms with Gasteiger partial charge in [0.2, 0.25) is 5.91 Å². The van der Waals surface area contributed by atoms with E-state index in [-0.39, 0.29) is 18.4 Å². The molecule has 0 saturated carbocycles. The van der Waals surface area contributed by atoms with Crippen LogP contribution in [-0.2, 0) is 29.6 Å². The van der Waals surface area contributed by atoms with Gasteiger partial charge in [-0.05, 0) is 65.8 Å². The first-order chi connectivity index (χ1) is 19.0. The van der Waals surface area contributed by atoms with Crippen LogP contribution in [0.25, 0.3) is 0 Å². The molecule has 2 aromatic carbocycles. The Morgan fingerprint density at radius 1 is 1.18 bits per heavy atom. The van der Waals surface area contributed by atoms with Gasteiger partial charge in [-0.1, -0.05) is 36.9 Å². The predicted octanol–water partition coefficient (Wildman–Crippen LogP) is 5.34. The number of rotatable bonds is 7. The molecule has 1 spiro atoms. The fourth-order valence-corrected chi connectivity index (χ4v) is 6.49. The predicted molar refractivity (Wildman–Crippen MR) is 152 cm³/mol. The number of nitrogens with one attached hydrogen (secondary N) is 1. The summed E-state index contributed by atoms with van der Waals surface area (Å²) in [6, 6.07) is 15.6. The molecule has 1 saturated heterocycles. The molecule has 1 fully saturated rings. The molecular weight excluding hydrogens is 508 g/mol. The van der Waals surface area contributed by atoms with Gasteiger partial charge < -0.3 is 19.7 Å². The number of carbonyl (C=O) groups is 2. The quantitative estimate of drug-likeness (QED) is 0.441. The molecule has 0 aliphatic carbocycles. The Morgan fingerprint density at radius 3 is 2.77 bits per heavy atom. The van der Waals surface area contributed by atoms with E-state index in [0.717, 1.165) is 46.6 Å². The highest BCUT2D eigenvalue weighted by Gasteiger charge is 2.58. The summed E-state index contributed by atoms with van der Waals surface area (Å²) < 4.78 is 11.9. The molecule has 1 unspecified atom stereocenters. The van der Waals surface area contributed by atoms with Gasteiger partial charge in [0.25, 0.3) is 5.91 Å². The van der Waals surface area contributed by atoms with Crippen molar-refractivity contribution in [3.63, 3.8) is 0 Å². The maximum absolute atomic E-state index is 14.3. The number of amides is 2. The monoisotopic (exact) mass is 538 g/mol. The van der Waals surface area contributed by atoms with Crippen molar-refractivity contribution in [3.8, 4) is 11.5 Å². The van der Waals surface area contributed by atoms with Gasteiger partial charge in [0.05, 0.1) is 13.2 Å². The van der Waals surface area contributed by atoms with E-state index in [1.54, 1.807) is 17.4 Å². The molecule has 2 amide bonds. The second-order valence-electron chi connectivity index (χ2n) is 9.91. The van der Waals surface area contributed by atoms with Gasteiger partial charge in [0, 0.05) is 40.7 Å². The molecular formula is C32H30N2O4S. The smallest absolute Gasteiger partial charge is 0.251 e. The maximum atomic E-state index is 14.3. The zero-order chi connectivity index (χ0) is 27.0. The largest absolute Gasteiger partial charge is 0.493 e. The van der Waals surface area contributed by atoms with Gasteiger partial charge >= 0.3 is 0 Å². The number of hydrogen-bond acceptors (Lipinski definition) is 5. The summed E-state index contributed by atoms with van der Waals surface area (Å²) in [5, 5.41) is 5.03. The van der Waals surface area contributed by atoms with E-state index in [0.29, 0.717) is 31.0 Å². The molecule has 6 rings (SSSR count). The Morgan fingerprint density at radius 2 is 2.03 bits per heavy atom. The van der Waals surface area contributed by atoms with Crippen molar-refractivity contribution >= 4 is 23.2 Å². The summed E-state index contributed by atoms with van der Waals surface area (Å²) in [6.45, 7) is 7.73. The summed E-state index contributed by atoms with van der Waals surface area (Å²) in [6.07, 6.45) is 7.26. The summed E-state index contributed by atoms with van der Waals surface area (Å²) >= 11 is 1.69. The van der Waals surface area contributed by atoms with Crippen LogP contribution in [0, 0.1) is 0 Å². The number of likely N-dealkylation sites (tertiary alicyclic amines) is 1. The van der Waals surface area contributed by atoms with Crippen LogP contribution >= 0.6 is 11.3 Å².